The SMILES string of the molecule is NC(=O)C(O)CNCC(=O)NCC(F)(F)F. The standard InChI is InChI=1S/C7H12F3N3O3/c8-7(9,10)3-13-5(15)2-12-1-4(14)6(11)16/h4,12,14H,1-3H2,(H2,11,16)(H,13,15). The van der Waals surface area contributed by atoms with Gasteiger partial charge in [0.2, 0.25) is 11.8 Å². The monoisotopic (exact) mass is 243 g/mol. The van der Waals surface area contributed by atoms with Crippen LogP contribution in [-0.4, -0.2) is 48.8 Å². The Morgan fingerprint density at radius 3 is 2.38 bits per heavy atom. The number of hydrogen-bond donors (Lipinski definition) is 4. The highest BCUT2D eigenvalue weighted by atomic mass is 19.4. The molecule has 0 aliphatic rings. The molecule has 0 radical (unpaired) electrons. The zero-order valence-electron chi connectivity index (χ0n) is 8.17. The Bertz CT molecular complexity index is 257. The summed E-state index contributed by atoms with van der Waals surface area (Å²) in [5, 5.41) is 12.7. The van der Waals surface area contributed by atoms with Gasteiger partial charge in [-0.3, -0.25) is 9.59 Å². The van der Waals surface area contributed by atoms with Gasteiger partial charge in [0.1, 0.15) is 12.6 Å². The van der Waals surface area contributed by atoms with Crippen molar-refractivity contribution in [3.05, 3.63) is 0 Å². The van der Waals surface area contributed by atoms with Gasteiger partial charge in [-0.2, -0.15) is 13.2 Å². The van der Waals surface area contributed by atoms with E-state index < -0.39 is 37.2 Å². The minimum Gasteiger partial charge on any atom is -0.382 e. The van der Waals surface area contributed by atoms with Crippen LogP contribution in [0.4, 0.5) is 13.2 Å². The minimum absolute atomic E-state index is 0.297. The lowest BCUT2D eigenvalue weighted by Crippen LogP contribution is -2.43. The number of nitrogens with two attached hydrogens (primary N) is 1. The predicted molar refractivity (Wildman–Crippen MR) is 47.1 cm³/mol. The number of aliphatic hydroxyl groups is 1. The van der Waals surface area contributed by atoms with Gasteiger partial charge in [0, 0.05) is 6.54 Å². The van der Waals surface area contributed by atoms with Crippen LogP contribution in [0.5, 0.6) is 0 Å². The molecule has 9 heteroatoms. The third-order valence-electron chi connectivity index (χ3n) is 1.44. The van der Waals surface area contributed by atoms with Gasteiger partial charge in [-0.15, -0.1) is 0 Å². The van der Waals surface area contributed by atoms with E-state index in [9.17, 15) is 22.8 Å². The highest BCUT2D eigenvalue weighted by molar-refractivity contribution is 5.79. The van der Waals surface area contributed by atoms with Crippen molar-refractivity contribution in [1.29, 1.82) is 0 Å². The number of aliphatic hydroxyl groups excluding tert-OH is 1. The number of alkyl halides is 3. The van der Waals surface area contributed by atoms with E-state index in [1.165, 1.54) is 0 Å². The van der Waals surface area contributed by atoms with Gasteiger partial charge in [-0.1, -0.05) is 0 Å². The Kier molecular flexibility index (Phi) is 5.75. The Hall–Kier alpha value is -1.35. The number of carbonyl (C=O) groups excluding carboxylic acids is 2. The van der Waals surface area contributed by atoms with E-state index >= 15 is 0 Å². The topological polar surface area (TPSA) is 104 Å². The molecule has 0 saturated heterocycles. The molecule has 2 amide bonds. The highest BCUT2D eigenvalue weighted by Gasteiger charge is 2.27. The van der Waals surface area contributed by atoms with Crippen molar-refractivity contribution in [3.63, 3.8) is 0 Å². The van der Waals surface area contributed by atoms with E-state index in [0.29, 0.717) is 0 Å². The molecule has 0 heterocycles. The molecule has 5 N–H and O–H groups in total. The summed E-state index contributed by atoms with van der Waals surface area (Å²) in [7, 11) is 0. The van der Waals surface area contributed by atoms with Crippen LogP contribution in [0.15, 0.2) is 0 Å². The molecule has 1 atom stereocenters. The van der Waals surface area contributed by atoms with E-state index in [4.69, 9.17) is 10.8 Å². The third kappa shape index (κ3) is 8.00. The fraction of sp³-hybridized carbons (Fsp3) is 0.714. The maximum Gasteiger partial charge on any atom is 0.405 e. The van der Waals surface area contributed by atoms with Crippen molar-refractivity contribution in [2.75, 3.05) is 19.6 Å². The third-order valence-corrected chi connectivity index (χ3v) is 1.44. The average molecular weight is 243 g/mol. The first-order valence-corrected chi connectivity index (χ1v) is 4.24. The normalized spacial score (nSPS) is 13.2. The fourth-order valence-corrected chi connectivity index (χ4v) is 0.684. The van der Waals surface area contributed by atoms with E-state index in [0.717, 1.165) is 0 Å². The molecule has 0 aliphatic carbocycles. The van der Waals surface area contributed by atoms with Crippen LogP contribution in [0.1, 0.15) is 0 Å². The molecule has 0 spiro atoms. The Labute approximate surface area is 89.0 Å². The Morgan fingerprint density at radius 1 is 1.38 bits per heavy atom. The lowest BCUT2D eigenvalue weighted by Gasteiger charge is -2.10. The van der Waals surface area contributed by atoms with Crippen molar-refractivity contribution in [3.8, 4) is 0 Å². The molecular weight excluding hydrogens is 231 g/mol. The molecule has 16 heavy (non-hydrogen) atoms. The predicted octanol–water partition coefficient (Wildman–Crippen LogP) is -1.90. The van der Waals surface area contributed by atoms with Crippen LogP contribution in [0.2, 0.25) is 0 Å². The summed E-state index contributed by atoms with van der Waals surface area (Å²) in [6, 6.07) is 0. The smallest absolute Gasteiger partial charge is 0.382 e. The van der Waals surface area contributed by atoms with Crippen LogP contribution in [0.3, 0.4) is 0 Å². The van der Waals surface area contributed by atoms with Gasteiger partial charge in [0.25, 0.3) is 0 Å². The summed E-state index contributed by atoms with van der Waals surface area (Å²) in [4.78, 5) is 21.1. The zero-order chi connectivity index (χ0) is 12.8. The molecule has 0 aliphatic heterocycles. The maximum absolute atomic E-state index is 11.6. The molecule has 0 aromatic carbocycles. The quantitative estimate of drug-likeness (QED) is 0.437. The molecule has 6 nitrogen and oxygen atoms in total. The van der Waals surface area contributed by atoms with Crippen molar-refractivity contribution in [2.24, 2.45) is 5.73 Å². The van der Waals surface area contributed by atoms with E-state index in [-0.39, 0.29) is 6.54 Å². The zero-order valence-corrected chi connectivity index (χ0v) is 8.17. The molecule has 0 aromatic rings. The number of nitrogens with one attached hydrogen (secondary N) is 2. The molecule has 94 valence electrons. The van der Waals surface area contributed by atoms with Crippen LogP contribution < -0.4 is 16.4 Å². The number of rotatable bonds is 6. The van der Waals surface area contributed by atoms with Gasteiger partial charge in [0.05, 0.1) is 6.54 Å². The van der Waals surface area contributed by atoms with Gasteiger partial charge < -0.3 is 21.5 Å². The first-order valence-electron chi connectivity index (χ1n) is 4.24. The molecule has 0 aromatic heterocycles. The van der Waals surface area contributed by atoms with E-state index in [1.807, 2.05) is 0 Å². The fourth-order valence-electron chi connectivity index (χ4n) is 0.684. The van der Waals surface area contributed by atoms with Crippen LogP contribution in [0.25, 0.3) is 0 Å². The number of halogens is 3. The summed E-state index contributed by atoms with van der Waals surface area (Å²) in [5.41, 5.74) is 4.69. The lowest BCUT2D eigenvalue weighted by molar-refractivity contribution is -0.138. The molecule has 0 fully saturated rings. The van der Waals surface area contributed by atoms with Crippen LogP contribution >= 0.6 is 0 Å². The molecule has 1 unspecified atom stereocenters. The van der Waals surface area contributed by atoms with Crippen LogP contribution in [-0.2, 0) is 9.59 Å². The molecule has 0 bridgehead atoms. The second-order valence-corrected chi connectivity index (χ2v) is 2.94. The summed E-state index contributed by atoms with van der Waals surface area (Å²) < 4.78 is 34.9. The van der Waals surface area contributed by atoms with Gasteiger partial charge in [-0.25, -0.2) is 0 Å². The lowest BCUT2D eigenvalue weighted by atomic mass is 10.3. The largest absolute Gasteiger partial charge is 0.405 e. The number of amides is 2. The molecular formula is C7H12F3N3O3. The van der Waals surface area contributed by atoms with E-state index in [1.54, 1.807) is 5.32 Å². The van der Waals surface area contributed by atoms with Crippen LogP contribution in [0, 0.1) is 0 Å². The first-order chi connectivity index (χ1) is 7.22. The van der Waals surface area contributed by atoms with E-state index in [2.05, 4.69) is 5.32 Å². The summed E-state index contributed by atoms with van der Waals surface area (Å²) >= 11 is 0. The summed E-state index contributed by atoms with van der Waals surface area (Å²) in [6.45, 7) is -2.17. The maximum atomic E-state index is 11.6. The second kappa shape index (κ2) is 6.28. The molecule has 0 rings (SSSR count). The van der Waals surface area contributed by atoms with Crippen molar-refractivity contribution < 1.29 is 27.9 Å². The highest BCUT2D eigenvalue weighted by Crippen LogP contribution is 2.11. The summed E-state index contributed by atoms with van der Waals surface area (Å²) in [5.74, 6) is -1.88. The van der Waals surface area contributed by atoms with Gasteiger partial charge in [0.15, 0.2) is 0 Å². The number of primary amides is 1. The number of hydrogen-bond acceptors (Lipinski definition) is 4. The summed E-state index contributed by atoms with van der Waals surface area (Å²) in [6.07, 6.45) is -5.95. The average Bonchev–Trinajstić information content (AvgIpc) is 2.13. The Morgan fingerprint density at radius 2 is 1.94 bits per heavy atom. The van der Waals surface area contributed by atoms with Crippen molar-refractivity contribution in [1.82, 2.24) is 10.6 Å². The first kappa shape index (κ1) is 14.6. The second-order valence-electron chi connectivity index (χ2n) is 2.94. The Balaban J connectivity index is 3.63. The number of carbonyl (C=O) groups is 2. The minimum atomic E-state index is -4.47. The molecule has 0 saturated carbocycles. The van der Waals surface area contributed by atoms with Gasteiger partial charge in [-0.05, 0) is 0 Å². The van der Waals surface area contributed by atoms with Gasteiger partial charge >= 0.3 is 6.18 Å². The van der Waals surface area contributed by atoms with Crippen molar-refractivity contribution >= 4 is 11.8 Å². The van der Waals surface area contributed by atoms with Crippen molar-refractivity contribution in [2.45, 2.75) is 12.3 Å².